The number of esters is 3. The van der Waals surface area contributed by atoms with Crippen molar-refractivity contribution in [3.63, 3.8) is 0 Å². The quantitative estimate of drug-likeness (QED) is 0.0639. The predicted octanol–water partition coefficient (Wildman–Crippen LogP) is 6.56. The topological polar surface area (TPSA) is 177 Å². The number of cyclic esters (lactones) is 1. The van der Waals surface area contributed by atoms with Crippen LogP contribution in [0.4, 0.5) is 0 Å². The lowest BCUT2D eigenvalue weighted by Crippen LogP contribution is -2.62. The van der Waals surface area contributed by atoms with Gasteiger partial charge in [0.15, 0.2) is 12.4 Å². The molecule has 4 rings (SSSR count). The lowest BCUT2D eigenvalue weighted by Gasteiger charge is -2.51. The van der Waals surface area contributed by atoms with Crippen molar-refractivity contribution >= 4 is 33.8 Å². The Morgan fingerprint density at radius 1 is 0.966 bits per heavy atom. The van der Waals surface area contributed by atoms with Gasteiger partial charge >= 0.3 is 17.9 Å². The molecule has 0 amide bonds. The van der Waals surface area contributed by atoms with E-state index in [9.17, 15) is 29.7 Å². The third-order valence-electron chi connectivity index (χ3n) is 11.0. The first-order chi connectivity index (χ1) is 27.7. The Morgan fingerprint density at radius 2 is 1.69 bits per heavy atom. The van der Waals surface area contributed by atoms with E-state index >= 15 is 0 Å². The summed E-state index contributed by atoms with van der Waals surface area (Å²) in [7, 11) is 1.22. The normalized spacial score (nSPS) is 31.1. The van der Waals surface area contributed by atoms with Crippen LogP contribution in [0.5, 0.6) is 0 Å². The number of halogens is 1. The molecule has 13 nitrogen and oxygen atoms in total. The van der Waals surface area contributed by atoms with Crippen LogP contribution < -0.4 is 0 Å². The Kier molecular flexibility index (Phi) is 19.8. The van der Waals surface area contributed by atoms with Gasteiger partial charge in [-0.25, -0.2) is 4.79 Å². The lowest BCUT2D eigenvalue weighted by molar-refractivity contribution is -0.327. The van der Waals surface area contributed by atoms with E-state index in [0.717, 1.165) is 49.4 Å². The fourth-order valence-electron chi connectivity index (χ4n) is 7.59. The molecule has 2 saturated heterocycles. The van der Waals surface area contributed by atoms with Crippen LogP contribution in [0.1, 0.15) is 116 Å². The van der Waals surface area contributed by atoms with Gasteiger partial charge in [-0.1, -0.05) is 80.6 Å². The van der Waals surface area contributed by atoms with Gasteiger partial charge < -0.3 is 48.5 Å². The van der Waals surface area contributed by atoms with E-state index in [4.69, 9.17) is 33.2 Å². The highest BCUT2D eigenvalue weighted by atomic mass is 79.9. The van der Waals surface area contributed by atoms with Crippen molar-refractivity contribution in [2.24, 2.45) is 5.41 Å². The van der Waals surface area contributed by atoms with Gasteiger partial charge in [-0.2, -0.15) is 0 Å². The summed E-state index contributed by atoms with van der Waals surface area (Å²) in [6.07, 6.45) is 6.99. The molecule has 14 heteroatoms. The summed E-state index contributed by atoms with van der Waals surface area (Å²) in [5.74, 6) is -4.28. The summed E-state index contributed by atoms with van der Waals surface area (Å²) < 4.78 is 42.8. The number of hydrogen-bond donors (Lipinski definition) is 3. The number of aliphatic hydroxyl groups is 3. The first-order valence-electron chi connectivity index (χ1n) is 20.9. The average Bonchev–Trinajstić information content (AvgIpc) is 3.18. The summed E-state index contributed by atoms with van der Waals surface area (Å²) in [5.41, 5.74) is 0.132. The second-order valence-corrected chi connectivity index (χ2v) is 17.1. The third-order valence-corrected chi connectivity index (χ3v) is 11.6. The van der Waals surface area contributed by atoms with Gasteiger partial charge in [0.05, 0.1) is 51.2 Å². The highest BCUT2D eigenvalue weighted by molar-refractivity contribution is 9.10. The molecule has 0 radical (unpaired) electrons. The van der Waals surface area contributed by atoms with Crippen LogP contribution in [0, 0.1) is 5.41 Å². The number of unbranched alkanes of at least 4 members (excludes halogenated alkanes) is 4. The van der Waals surface area contributed by atoms with Crippen LogP contribution in [0.25, 0.3) is 0 Å². The molecular formula is C44H65BrO13. The van der Waals surface area contributed by atoms with Crippen molar-refractivity contribution in [3.05, 3.63) is 58.1 Å². The van der Waals surface area contributed by atoms with Gasteiger partial charge in [0.1, 0.15) is 6.10 Å². The van der Waals surface area contributed by atoms with E-state index in [2.05, 4.69) is 35.0 Å². The Bertz CT molecular complexity index is 1500. The van der Waals surface area contributed by atoms with Crippen molar-refractivity contribution in [1.29, 1.82) is 0 Å². The number of aryl methyl sites for hydroxylation is 1. The highest BCUT2D eigenvalue weighted by Gasteiger charge is 2.57. The second-order valence-electron chi connectivity index (χ2n) is 16.2. The third kappa shape index (κ3) is 15.1. The zero-order valence-electron chi connectivity index (χ0n) is 34.6. The zero-order chi connectivity index (χ0) is 42.1. The number of aliphatic hydroxyl groups excluding tert-OH is 2. The van der Waals surface area contributed by atoms with Gasteiger partial charge in [-0.15, -0.1) is 0 Å². The molecule has 58 heavy (non-hydrogen) atoms. The lowest BCUT2D eigenvalue weighted by atomic mass is 9.74. The van der Waals surface area contributed by atoms with Crippen LogP contribution in [0.3, 0.4) is 0 Å². The van der Waals surface area contributed by atoms with Crippen molar-refractivity contribution in [1.82, 2.24) is 0 Å². The molecule has 1 aromatic carbocycles. The van der Waals surface area contributed by atoms with Gasteiger partial charge in [0.25, 0.3) is 0 Å². The molecule has 0 aromatic heterocycles. The Hall–Kier alpha value is -2.69. The van der Waals surface area contributed by atoms with E-state index in [1.165, 1.54) is 18.7 Å². The Morgan fingerprint density at radius 3 is 2.41 bits per heavy atom. The smallest absolute Gasteiger partial charge is 0.330 e. The number of carbonyl (C=O) groups excluding carboxylic acids is 3. The predicted molar refractivity (Wildman–Crippen MR) is 218 cm³/mol. The minimum absolute atomic E-state index is 0.0134. The van der Waals surface area contributed by atoms with E-state index in [1.54, 1.807) is 26.0 Å². The molecule has 2 fully saturated rings. The molecule has 3 N–H and O–H groups in total. The molecule has 8 atom stereocenters. The van der Waals surface area contributed by atoms with Gasteiger partial charge in [0.2, 0.25) is 5.79 Å². The van der Waals surface area contributed by atoms with Crippen LogP contribution in [0.15, 0.2) is 52.5 Å². The molecule has 0 saturated carbocycles. The molecule has 3 aliphatic rings. The highest BCUT2D eigenvalue weighted by Crippen LogP contribution is 2.47. The number of benzene rings is 1. The number of hydrogen-bond acceptors (Lipinski definition) is 13. The van der Waals surface area contributed by atoms with Crippen LogP contribution in [-0.2, 0) is 54.0 Å². The maximum absolute atomic E-state index is 13.4. The minimum Gasteiger partial charge on any atom is -0.466 e. The first kappa shape index (κ1) is 48.0. The maximum Gasteiger partial charge on any atom is 0.330 e. The second kappa shape index (κ2) is 23.9. The SMILES string of the molecule is CCCCCCCC(=O)O[C@H]1/C(=C/C(=O)OC)C[C@H]2C[C@@H](CO)OC(=O)C[C@@H](O)CCO[C@@H](CCCc3ccc(Br)cc3)C[C@@H]3CCO[C@H](/C=C/C(C)(C)[C@]1(O)O2)O3. The maximum atomic E-state index is 13.4. The van der Waals surface area contributed by atoms with Crippen LogP contribution in [-0.4, -0.2) is 109 Å². The van der Waals surface area contributed by atoms with Crippen molar-refractivity contribution in [3.8, 4) is 0 Å². The largest absolute Gasteiger partial charge is 0.466 e. The van der Waals surface area contributed by atoms with E-state index < -0.39 is 66.4 Å². The van der Waals surface area contributed by atoms with Gasteiger partial charge in [-0.05, 0) is 80.7 Å². The summed E-state index contributed by atoms with van der Waals surface area (Å²) in [6.45, 7) is 5.59. The van der Waals surface area contributed by atoms with Crippen molar-refractivity contribution in [2.75, 3.05) is 26.9 Å². The first-order valence-corrected chi connectivity index (χ1v) is 21.7. The number of rotatable bonds is 13. The molecular weight excluding hydrogens is 816 g/mol. The van der Waals surface area contributed by atoms with Crippen molar-refractivity contribution < 1.29 is 62.9 Å². The number of carbonyl (C=O) groups is 3. The van der Waals surface area contributed by atoms with Gasteiger partial charge in [-0.3, -0.25) is 9.59 Å². The Labute approximate surface area is 351 Å². The molecule has 4 bridgehead atoms. The number of ether oxygens (including phenoxy) is 7. The molecule has 3 heterocycles. The standard InChI is InChI=1S/C44H65BrO13/c1-5-6-7-8-9-13-38(48)57-42-31(25-39(49)52-4)24-36-28-37(29-46)55-40(50)26-33(47)19-22-53-34(12-10-11-30-14-16-32(45)17-15-30)27-35-20-23-54-41(56-35)18-21-43(2,3)44(42,51)58-36/h14-18,21,25,33-37,41-42,46-47,51H,5-13,19-20,22-24,26-29H2,1-4H3/b21-18+,31-25+/t33-,34-,35-,36-,37-,41-,42-,44+/m0/s1. The summed E-state index contributed by atoms with van der Waals surface area (Å²) >= 11 is 3.49. The van der Waals surface area contributed by atoms with E-state index in [0.29, 0.717) is 25.9 Å². The van der Waals surface area contributed by atoms with E-state index in [-0.39, 0.29) is 56.5 Å². The summed E-state index contributed by atoms with van der Waals surface area (Å²) in [4.78, 5) is 39.1. The molecule has 0 aliphatic carbocycles. The molecule has 3 aliphatic heterocycles. The number of methoxy groups -OCH3 is 1. The fourth-order valence-corrected chi connectivity index (χ4v) is 7.85. The molecule has 1 aromatic rings. The fraction of sp³-hybridized carbons (Fsp3) is 0.705. The Balaban J connectivity index is 1.63. The average molecular weight is 882 g/mol. The van der Waals surface area contributed by atoms with Gasteiger partial charge in [0, 0.05) is 35.4 Å². The molecule has 326 valence electrons. The minimum atomic E-state index is -2.27. The molecule has 0 unspecified atom stereocenters. The number of fused-ring (bicyclic) bond motifs is 4. The van der Waals surface area contributed by atoms with E-state index in [1.807, 2.05) is 12.1 Å². The van der Waals surface area contributed by atoms with Crippen molar-refractivity contribution in [2.45, 2.75) is 166 Å². The summed E-state index contributed by atoms with van der Waals surface area (Å²) in [6, 6.07) is 8.21. The van der Waals surface area contributed by atoms with Crippen LogP contribution in [0.2, 0.25) is 0 Å². The van der Waals surface area contributed by atoms with Crippen LogP contribution >= 0.6 is 15.9 Å². The monoisotopic (exact) mass is 880 g/mol. The molecule has 0 spiro atoms. The zero-order valence-corrected chi connectivity index (χ0v) is 36.2. The summed E-state index contributed by atoms with van der Waals surface area (Å²) in [5, 5.41) is 33.8.